The quantitative estimate of drug-likeness (QED) is 0.320. The maximum Gasteiger partial charge on any atom is 0.268 e. The molecular formula is C25H22BrN5O3S. The molecule has 6 rings (SSSR count). The molecule has 178 valence electrons. The number of H-pyrrole nitrogens is 1. The van der Waals surface area contributed by atoms with E-state index < -0.39 is 6.29 Å². The number of ether oxygens (including phenoxy) is 3. The number of rotatable bonds is 7. The van der Waals surface area contributed by atoms with Crippen LogP contribution in [-0.4, -0.2) is 26.6 Å². The first-order chi connectivity index (χ1) is 17.0. The minimum atomic E-state index is -0.519. The fourth-order valence-electron chi connectivity index (χ4n) is 4.31. The Morgan fingerprint density at radius 2 is 2.03 bits per heavy atom. The van der Waals surface area contributed by atoms with Crippen molar-refractivity contribution in [1.29, 1.82) is 5.41 Å². The molecule has 2 N–H and O–H groups in total. The normalized spacial score (nSPS) is 18.1. The Labute approximate surface area is 214 Å². The van der Waals surface area contributed by atoms with Gasteiger partial charge in [-0.05, 0) is 48.4 Å². The van der Waals surface area contributed by atoms with Gasteiger partial charge in [0.05, 0.1) is 13.4 Å². The zero-order valence-corrected chi connectivity index (χ0v) is 21.2. The Bertz CT molecular complexity index is 1490. The molecular weight excluding hydrogens is 530 g/mol. The molecule has 4 aromatic rings. The maximum absolute atomic E-state index is 8.29. The molecule has 0 radical (unpaired) electrons. The molecule has 2 aliphatic rings. The molecule has 1 saturated carbocycles. The maximum atomic E-state index is 8.29. The number of imidazole rings is 1. The van der Waals surface area contributed by atoms with Gasteiger partial charge in [-0.15, -0.1) is 0 Å². The van der Waals surface area contributed by atoms with Crippen molar-refractivity contribution in [3.8, 4) is 5.75 Å². The minimum Gasteiger partial charge on any atom is -0.497 e. The van der Waals surface area contributed by atoms with Gasteiger partial charge >= 0.3 is 0 Å². The Morgan fingerprint density at radius 3 is 2.77 bits per heavy atom. The lowest BCUT2D eigenvalue weighted by Crippen LogP contribution is -2.20. The van der Waals surface area contributed by atoms with Gasteiger partial charge in [0.2, 0.25) is 5.09 Å². The van der Waals surface area contributed by atoms with Gasteiger partial charge in [-0.3, -0.25) is 5.41 Å². The standard InChI is InChI=1S/C25H22BrN5O3S/c1-32-16-8-6-15(7-9-16)25(10-11-25)13-31-14-28-21(27)20-22(31)30-24(29-20)35-19-12-33-23(34-19)17-4-2-3-5-18(17)26/h2-9,12,14,23,27H,10-11,13H2,1H3,(H,29,30). The van der Waals surface area contributed by atoms with Gasteiger partial charge in [0.15, 0.2) is 16.3 Å². The van der Waals surface area contributed by atoms with E-state index in [2.05, 4.69) is 38.0 Å². The van der Waals surface area contributed by atoms with E-state index in [0.717, 1.165) is 35.2 Å². The molecule has 1 atom stereocenters. The van der Waals surface area contributed by atoms with Crippen LogP contribution in [0.2, 0.25) is 0 Å². The van der Waals surface area contributed by atoms with Gasteiger partial charge < -0.3 is 23.8 Å². The fraction of sp³-hybridized carbons (Fsp3) is 0.240. The average Bonchev–Trinajstić information content (AvgIpc) is 3.29. The number of methoxy groups -OCH3 is 1. The monoisotopic (exact) mass is 551 g/mol. The predicted octanol–water partition coefficient (Wildman–Crippen LogP) is 5.38. The van der Waals surface area contributed by atoms with Crippen LogP contribution in [0.25, 0.3) is 11.2 Å². The number of hydrogen-bond acceptors (Lipinski definition) is 7. The summed E-state index contributed by atoms with van der Waals surface area (Å²) in [6.07, 6.45) is 4.98. The van der Waals surface area contributed by atoms with Gasteiger partial charge in [0, 0.05) is 22.0 Å². The predicted molar refractivity (Wildman–Crippen MR) is 135 cm³/mol. The molecule has 1 aliphatic carbocycles. The highest BCUT2D eigenvalue weighted by Gasteiger charge is 2.44. The Balaban J connectivity index is 1.23. The van der Waals surface area contributed by atoms with E-state index in [9.17, 15) is 0 Å². The van der Waals surface area contributed by atoms with Crippen LogP contribution >= 0.6 is 27.7 Å². The van der Waals surface area contributed by atoms with Crippen molar-refractivity contribution in [3.63, 3.8) is 0 Å². The van der Waals surface area contributed by atoms with Crippen LogP contribution in [0, 0.1) is 5.41 Å². The third-order valence-corrected chi connectivity index (χ3v) is 7.90. The van der Waals surface area contributed by atoms with Gasteiger partial charge in [-0.2, -0.15) is 0 Å². The van der Waals surface area contributed by atoms with E-state index in [-0.39, 0.29) is 10.9 Å². The fourth-order valence-corrected chi connectivity index (χ4v) is 5.50. The summed E-state index contributed by atoms with van der Waals surface area (Å²) in [6, 6.07) is 16.1. The number of thioether (sulfide) groups is 1. The molecule has 1 unspecified atom stereocenters. The third kappa shape index (κ3) is 4.21. The summed E-state index contributed by atoms with van der Waals surface area (Å²) in [5.74, 6) is 0.850. The molecule has 0 amide bonds. The van der Waals surface area contributed by atoms with Crippen molar-refractivity contribution in [2.24, 2.45) is 0 Å². The zero-order valence-electron chi connectivity index (χ0n) is 18.8. The van der Waals surface area contributed by atoms with E-state index >= 15 is 0 Å². The van der Waals surface area contributed by atoms with E-state index in [4.69, 9.17) is 24.6 Å². The van der Waals surface area contributed by atoms with Crippen LogP contribution in [-0.2, 0) is 21.4 Å². The Kier molecular flexibility index (Phi) is 5.57. The SMILES string of the molecule is COc1ccc(C2(Cn3cnc(=N)c4[nH]c(SC5=COC(c6ccccc6Br)O5)nc43)CC2)cc1. The number of nitrogens with zero attached hydrogens (tertiary/aromatic N) is 3. The topological polar surface area (TPSA) is 98.0 Å². The summed E-state index contributed by atoms with van der Waals surface area (Å²) in [5, 5.41) is 9.50. The average molecular weight is 552 g/mol. The minimum absolute atomic E-state index is 0.0442. The lowest BCUT2D eigenvalue weighted by atomic mass is 9.95. The van der Waals surface area contributed by atoms with Gasteiger partial charge in [-0.1, -0.05) is 46.3 Å². The molecule has 1 fully saturated rings. The van der Waals surface area contributed by atoms with E-state index in [1.54, 1.807) is 19.7 Å². The first kappa shape index (κ1) is 22.2. The molecule has 2 aromatic heterocycles. The van der Waals surface area contributed by atoms with E-state index in [1.165, 1.54) is 17.3 Å². The molecule has 10 heteroatoms. The molecule has 1 aliphatic heterocycles. The summed E-state index contributed by atoms with van der Waals surface area (Å²) in [4.78, 5) is 12.3. The number of aromatic nitrogens is 4. The second-order valence-corrected chi connectivity index (χ2v) is 10.5. The van der Waals surface area contributed by atoms with Crippen LogP contribution in [0.3, 0.4) is 0 Å². The largest absolute Gasteiger partial charge is 0.497 e. The van der Waals surface area contributed by atoms with Crippen molar-refractivity contribution in [1.82, 2.24) is 19.5 Å². The molecule has 3 heterocycles. The number of benzene rings is 2. The third-order valence-electron chi connectivity index (χ3n) is 6.39. The summed E-state index contributed by atoms with van der Waals surface area (Å²) >= 11 is 4.87. The van der Waals surface area contributed by atoms with Crippen molar-refractivity contribution in [2.75, 3.05) is 7.11 Å². The highest BCUT2D eigenvalue weighted by Crippen LogP contribution is 2.50. The van der Waals surface area contributed by atoms with Crippen molar-refractivity contribution >= 4 is 38.9 Å². The Morgan fingerprint density at radius 1 is 1.23 bits per heavy atom. The van der Waals surface area contributed by atoms with Crippen LogP contribution in [0.15, 0.2) is 75.8 Å². The van der Waals surface area contributed by atoms with Crippen LogP contribution in [0.4, 0.5) is 0 Å². The van der Waals surface area contributed by atoms with Crippen LogP contribution < -0.4 is 10.2 Å². The Hall–Kier alpha value is -3.24. The van der Waals surface area contributed by atoms with Gasteiger partial charge in [0.1, 0.15) is 17.5 Å². The van der Waals surface area contributed by atoms with Gasteiger partial charge in [-0.25, -0.2) is 9.97 Å². The first-order valence-corrected chi connectivity index (χ1v) is 12.7. The highest BCUT2D eigenvalue weighted by atomic mass is 79.9. The van der Waals surface area contributed by atoms with E-state index in [1.807, 2.05) is 41.0 Å². The lowest BCUT2D eigenvalue weighted by molar-refractivity contribution is -0.0278. The van der Waals surface area contributed by atoms with Gasteiger partial charge in [0.25, 0.3) is 6.29 Å². The number of nitrogens with one attached hydrogen (secondary N) is 2. The van der Waals surface area contributed by atoms with Crippen molar-refractivity contribution in [3.05, 3.63) is 87.3 Å². The number of aromatic amines is 1. The number of fused-ring (bicyclic) bond motifs is 1. The summed E-state index contributed by atoms with van der Waals surface area (Å²) < 4.78 is 20.0. The molecule has 2 aromatic carbocycles. The van der Waals surface area contributed by atoms with Crippen molar-refractivity contribution < 1.29 is 14.2 Å². The highest BCUT2D eigenvalue weighted by molar-refractivity contribution is 9.10. The second-order valence-electron chi connectivity index (χ2n) is 8.62. The zero-order chi connectivity index (χ0) is 24.0. The molecule has 8 nitrogen and oxygen atoms in total. The summed E-state index contributed by atoms with van der Waals surface area (Å²) in [6.45, 7) is 0.741. The number of hydrogen-bond donors (Lipinski definition) is 2. The second kappa shape index (κ2) is 8.76. The summed E-state index contributed by atoms with van der Waals surface area (Å²) in [5.41, 5.74) is 3.69. The molecule has 35 heavy (non-hydrogen) atoms. The first-order valence-electron chi connectivity index (χ1n) is 11.1. The van der Waals surface area contributed by atoms with Crippen LogP contribution in [0.5, 0.6) is 5.75 Å². The van der Waals surface area contributed by atoms with E-state index in [0.29, 0.717) is 21.4 Å². The smallest absolute Gasteiger partial charge is 0.268 e. The number of halogens is 1. The van der Waals surface area contributed by atoms with Crippen molar-refractivity contribution in [2.45, 2.75) is 36.2 Å². The van der Waals surface area contributed by atoms with Crippen LogP contribution in [0.1, 0.15) is 30.3 Å². The molecule has 0 bridgehead atoms. The molecule has 0 spiro atoms. The lowest BCUT2D eigenvalue weighted by Gasteiger charge is -2.18. The molecule has 0 saturated heterocycles. The summed E-state index contributed by atoms with van der Waals surface area (Å²) in [7, 11) is 1.68.